The van der Waals surface area contributed by atoms with E-state index in [0.717, 1.165) is 16.7 Å². The van der Waals surface area contributed by atoms with Crippen LogP contribution in [0.2, 0.25) is 0 Å². The molecule has 3 rings (SSSR count). The molecule has 8 heteroatoms. The number of fused-ring (bicyclic) bond motifs is 1. The normalized spacial score (nSPS) is 14.3. The molecule has 0 aromatic heterocycles. The summed E-state index contributed by atoms with van der Waals surface area (Å²) in [5.74, 6) is -0.413. The molecule has 190 valence electrons. The highest BCUT2D eigenvalue weighted by Crippen LogP contribution is 2.40. The van der Waals surface area contributed by atoms with Gasteiger partial charge in [-0.25, -0.2) is 4.79 Å². The minimum absolute atomic E-state index is 0. The topological polar surface area (TPSA) is 111 Å². The van der Waals surface area contributed by atoms with Crippen molar-refractivity contribution in [3.63, 3.8) is 0 Å². The molecule has 1 unspecified atom stereocenters. The van der Waals surface area contributed by atoms with Gasteiger partial charge in [-0.3, -0.25) is 10.2 Å². The molecule has 0 radical (unpaired) electrons. The predicted octanol–water partition coefficient (Wildman–Crippen LogP) is 5.44. The number of ketones is 1. The van der Waals surface area contributed by atoms with Gasteiger partial charge < -0.3 is 19.8 Å². The van der Waals surface area contributed by atoms with Gasteiger partial charge in [-0.2, -0.15) is 0 Å². The first-order valence-corrected chi connectivity index (χ1v) is 11.4. The van der Waals surface area contributed by atoms with Crippen LogP contribution in [0.3, 0.4) is 0 Å². The number of phenolic OH excluding ortho intramolecular Hbond substituents is 1. The highest BCUT2D eigenvalue weighted by Gasteiger charge is 2.30. The van der Waals surface area contributed by atoms with Crippen LogP contribution in [0, 0.1) is 5.41 Å². The number of amidine groups is 1. The van der Waals surface area contributed by atoms with E-state index in [4.69, 9.17) is 15.3 Å². The summed E-state index contributed by atoms with van der Waals surface area (Å²) in [6.45, 7) is 13.9. The Kier molecular flexibility index (Phi) is 8.11. The summed E-state index contributed by atoms with van der Waals surface area (Å²) in [4.78, 5) is 26.1. The highest BCUT2D eigenvalue weighted by molar-refractivity contribution is 8.93. The number of benzene rings is 2. The molecule has 0 amide bonds. The van der Waals surface area contributed by atoms with E-state index in [2.05, 4.69) is 0 Å². The quantitative estimate of drug-likeness (QED) is 0.416. The fourth-order valence-corrected chi connectivity index (χ4v) is 4.04. The minimum Gasteiger partial charge on any atom is -0.507 e. The number of halogens is 1. The lowest BCUT2D eigenvalue weighted by atomic mass is 9.78. The van der Waals surface area contributed by atoms with Gasteiger partial charge in [0.05, 0.1) is 6.54 Å². The molecule has 0 saturated carbocycles. The molecule has 1 atom stereocenters. The van der Waals surface area contributed by atoms with E-state index in [9.17, 15) is 14.7 Å². The number of carboxylic acids is 1. The maximum absolute atomic E-state index is 13.3. The number of carbonyl (C=O) groups is 2. The van der Waals surface area contributed by atoms with Gasteiger partial charge in [-0.1, -0.05) is 47.6 Å². The molecule has 35 heavy (non-hydrogen) atoms. The summed E-state index contributed by atoms with van der Waals surface area (Å²) in [6, 6.07) is 8.66. The van der Waals surface area contributed by atoms with Gasteiger partial charge in [0, 0.05) is 28.8 Å². The Hall–Kier alpha value is -2.87. The third-order valence-electron chi connectivity index (χ3n) is 6.06. The number of hydrogen-bond acceptors (Lipinski definition) is 5. The van der Waals surface area contributed by atoms with Crippen LogP contribution in [0.4, 0.5) is 0 Å². The number of Topliss-reactive ketones (excluding diaryl/α,β-unsaturated/α-hetero) is 1. The van der Waals surface area contributed by atoms with Crippen LogP contribution in [0.5, 0.6) is 11.5 Å². The van der Waals surface area contributed by atoms with Gasteiger partial charge in [0.2, 0.25) is 0 Å². The number of aromatic hydroxyl groups is 1. The first-order valence-electron chi connectivity index (χ1n) is 11.4. The second-order valence-corrected chi connectivity index (χ2v) is 11.0. The number of phenols is 1. The van der Waals surface area contributed by atoms with Crippen molar-refractivity contribution in [2.45, 2.75) is 71.9 Å². The first-order chi connectivity index (χ1) is 15.6. The van der Waals surface area contributed by atoms with E-state index in [1.54, 1.807) is 35.2 Å². The molecule has 1 aliphatic rings. The van der Waals surface area contributed by atoms with Crippen LogP contribution in [0.1, 0.15) is 81.1 Å². The zero-order valence-electron chi connectivity index (χ0n) is 21.4. The standard InChI is InChI=1S/C27H34N2O5.BrH/c1-15(25(32)33)34-18-9-8-16-13-29(24(28)19(16)12-18)14-22(30)17-10-20(26(2,3)4)23(31)21(11-17)27(5,6)7;/h8-12,15,28,31H,13-14H2,1-7H3,(H,32,33);1H. The largest absolute Gasteiger partial charge is 0.507 e. The Morgan fingerprint density at radius 1 is 1.06 bits per heavy atom. The van der Waals surface area contributed by atoms with Gasteiger partial charge in [-0.05, 0) is 47.6 Å². The van der Waals surface area contributed by atoms with Gasteiger partial charge in [0.15, 0.2) is 11.9 Å². The second kappa shape index (κ2) is 10.0. The van der Waals surface area contributed by atoms with Crippen LogP contribution in [0.25, 0.3) is 0 Å². The number of hydrogen-bond donors (Lipinski definition) is 3. The third kappa shape index (κ3) is 6.04. The highest BCUT2D eigenvalue weighted by atomic mass is 79.9. The van der Waals surface area contributed by atoms with Crippen molar-refractivity contribution in [3.8, 4) is 11.5 Å². The molecule has 1 heterocycles. The van der Waals surface area contributed by atoms with Crippen LogP contribution in [-0.4, -0.2) is 45.3 Å². The Bertz CT molecular complexity index is 1130. The van der Waals surface area contributed by atoms with Gasteiger partial charge in [0.25, 0.3) is 0 Å². The number of aliphatic carboxylic acids is 1. The molecular formula is C27H35BrN2O5. The van der Waals surface area contributed by atoms with E-state index in [1.807, 2.05) is 41.5 Å². The average molecular weight is 547 g/mol. The zero-order valence-corrected chi connectivity index (χ0v) is 23.1. The van der Waals surface area contributed by atoms with Crippen molar-refractivity contribution in [3.05, 3.63) is 58.1 Å². The van der Waals surface area contributed by atoms with Crippen molar-refractivity contribution in [1.29, 1.82) is 5.41 Å². The Balaban J connectivity index is 0.00000432. The fraction of sp³-hybridized carbons (Fsp3) is 0.444. The van der Waals surface area contributed by atoms with Crippen LogP contribution in [-0.2, 0) is 22.2 Å². The number of nitrogens with zero attached hydrogens (tertiary/aromatic N) is 1. The maximum atomic E-state index is 13.3. The predicted molar refractivity (Wildman–Crippen MR) is 142 cm³/mol. The summed E-state index contributed by atoms with van der Waals surface area (Å²) in [5, 5.41) is 28.6. The SMILES string of the molecule is Br.CC(Oc1ccc2c(c1)C(=N)N(CC(=O)c1cc(C(C)(C)C)c(O)c(C(C)(C)C)c1)C2)C(=O)O. The number of rotatable bonds is 6. The lowest BCUT2D eigenvalue weighted by molar-refractivity contribution is -0.144. The minimum atomic E-state index is -1.07. The second-order valence-electron chi connectivity index (χ2n) is 11.0. The molecule has 2 aromatic carbocycles. The summed E-state index contributed by atoms with van der Waals surface area (Å²) in [6.07, 6.45) is -1.00. The van der Waals surface area contributed by atoms with Crippen LogP contribution in [0.15, 0.2) is 30.3 Å². The van der Waals surface area contributed by atoms with Gasteiger partial charge in [-0.15, -0.1) is 17.0 Å². The molecule has 0 bridgehead atoms. The van der Waals surface area contributed by atoms with Crippen molar-refractivity contribution < 1.29 is 24.5 Å². The van der Waals surface area contributed by atoms with Crippen molar-refractivity contribution in [2.75, 3.05) is 6.54 Å². The van der Waals surface area contributed by atoms with E-state index in [-0.39, 0.29) is 51.7 Å². The molecule has 0 spiro atoms. The number of nitrogens with one attached hydrogen (secondary N) is 1. The molecule has 7 nitrogen and oxygen atoms in total. The van der Waals surface area contributed by atoms with Crippen LogP contribution < -0.4 is 4.74 Å². The van der Waals surface area contributed by atoms with Crippen molar-refractivity contribution >= 4 is 34.6 Å². The summed E-state index contributed by atoms with van der Waals surface area (Å²) >= 11 is 0. The Labute approximate surface area is 217 Å². The Morgan fingerprint density at radius 2 is 1.60 bits per heavy atom. The molecular weight excluding hydrogens is 512 g/mol. The Morgan fingerprint density at radius 3 is 2.09 bits per heavy atom. The van der Waals surface area contributed by atoms with Crippen LogP contribution >= 0.6 is 17.0 Å². The van der Waals surface area contributed by atoms with E-state index < -0.39 is 12.1 Å². The smallest absolute Gasteiger partial charge is 0.344 e. The molecule has 0 aliphatic carbocycles. The van der Waals surface area contributed by atoms with Gasteiger partial charge in [0.1, 0.15) is 17.3 Å². The maximum Gasteiger partial charge on any atom is 0.344 e. The molecule has 1 aliphatic heterocycles. The summed E-state index contributed by atoms with van der Waals surface area (Å²) in [5.41, 5.74) is 2.76. The zero-order chi connectivity index (χ0) is 25.6. The van der Waals surface area contributed by atoms with Crippen molar-refractivity contribution in [1.82, 2.24) is 4.90 Å². The third-order valence-corrected chi connectivity index (χ3v) is 6.06. The molecule has 2 aromatic rings. The molecule has 0 fully saturated rings. The molecule has 3 N–H and O–H groups in total. The van der Waals surface area contributed by atoms with E-state index in [0.29, 0.717) is 23.4 Å². The fourth-order valence-electron chi connectivity index (χ4n) is 4.04. The lowest BCUT2D eigenvalue weighted by Crippen LogP contribution is -2.30. The van der Waals surface area contributed by atoms with E-state index >= 15 is 0 Å². The summed E-state index contributed by atoms with van der Waals surface area (Å²) < 4.78 is 5.43. The van der Waals surface area contributed by atoms with E-state index in [1.165, 1.54) is 6.92 Å². The first kappa shape index (κ1) is 28.4. The number of carboxylic acid groups (broad SMARTS) is 1. The molecule has 0 saturated heterocycles. The van der Waals surface area contributed by atoms with Crippen molar-refractivity contribution in [2.24, 2.45) is 0 Å². The lowest BCUT2D eigenvalue weighted by Gasteiger charge is -2.28. The van der Waals surface area contributed by atoms with Gasteiger partial charge >= 0.3 is 5.97 Å². The average Bonchev–Trinajstić information content (AvgIpc) is 3.01. The number of ether oxygens (including phenoxy) is 1. The summed E-state index contributed by atoms with van der Waals surface area (Å²) in [7, 11) is 0. The number of carbonyl (C=O) groups excluding carboxylic acids is 1. The monoisotopic (exact) mass is 546 g/mol.